The number of phosphoric acid groups is 1. The second-order valence-electron chi connectivity index (χ2n) is 12.2. The Hall–Kier alpha value is -1.25. The maximum Gasteiger partial charge on any atom is 0.472 e. The minimum atomic E-state index is -4.35. The number of carbonyl (C=O) groups excluding carboxylic acids is 2. The molecule has 0 saturated heterocycles. The lowest BCUT2D eigenvalue weighted by molar-refractivity contribution is -0.870. The lowest BCUT2D eigenvalue weighted by Gasteiger charge is -2.24. The van der Waals surface area contributed by atoms with Gasteiger partial charge in [0.15, 0.2) is 6.10 Å². The van der Waals surface area contributed by atoms with Gasteiger partial charge in [-0.15, -0.1) is 0 Å². The number of phosphoric ester groups is 1. The van der Waals surface area contributed by atoms with E-state index in [1.165, 1.54) is 38.5 Å². The number of carbonyl (C=O) groups is 2. The van der Waals surface area contributed by atoms with Gasteiger partial charge in [0.1, 0.15) is 19.8 Å². The molecule has 0 fully saturated rings. The summed E-state index contributed by atoms with van der Waals surface area (Å²) in [6, 6.07) is 0. The van der Waals surface area contributed by atoms with Gasteiger partial charge in [-0.05, 0) is 32.1 Å². The molecule has 1 N–H and O–H groups in total. The number of quaternary nitrogens is 1. The quantitative estimate of drug-likeness (QED) is 0.0296. The summed E-state index contributed by atoms with van der Waals surface area (Å²) < 4.78 is 33.9. The summed E-state index contributed by atoms with van der Waals surface area (Å²) in [4.78, 5) is 34.8. The first kappa shape index (κ1) is 40.8. The van der Waals surface area contributed by atoms with Crippen LogP contribution in [0.25, 0.3) is 0 Å². The Balaban J connectivity index is 4.53. The van der Waals surface area contributed by atoms with Crippen LogP contribution in [-0.4, -0.2) is 74.9 Å². The minimum Gasteiger partial charge on any atom is -0.462 e. The summed E-state index contributed by atoms with van der Waals surface area (Å²) in [7, 11) is 1.47. The lowest BCUT2D eigenvalue weighted by atomic mass is 10.1. The normalized spacial score (nSPS) is 14.1. The van der Waals surface area contributed by atoms with Crippen LogP contribution in [0.5, 0.6) is 0 Å². The fourth-order valence-electron chi connectivity index (χ4n) is 4.11. The van der Waals surface area contributed by atoms with Crippen molar-refractivity contribution in [2.45, 2.75) is 136 Å². The Bertz CT molecular complexity index is 753. The SMILES string of the molecule is CCCC/C=C/CCCCCCCC(=O)O[C@H](COC(=O)CCCCCCCCC)COP(=O)(O)OCC[N+](C)(C)C. The van der Waals surface area contributed by atoms with Crippen molar-refractivity contribution in [1.29, 1.82) is 0 Å². The zero-order valence-electron chi connectivity index (χ0n) is 27.5. The number of ether oxygens (including phenoxy) is 2. The van der Waals surface area contributed by atoms with Crippen LogP contribution in [0.4, 0.5) is 0 Å². The fraction of sp³-hybridized carbons (Fsp3) is 0.875. The monoisotopic (exact) mass is 620 g/mol. The molecule has 248 valence electrons. The standard InChI is InChI=1S/C32H62NO8P/c1-6-8-10-12-14-15-16-17-19-21-23-25-32(35)41-30(29-40-42(36,37)39-27-26-33(3,4)5)28-38-31(34)24-22-20-18-13-11-9-7-2/h12,14,30H,6-11,13,15-29H2,1-5H3/p+1/b14-12+/t30-/m1/s1. The smallest absolute Gasteiger partial charge is 0.462 e. The van der Waals surface area contributed by atoms with Crippen LogP contribution in [-0.2, 0) is 32.7 Å². The third-order valence-electron chi connectivity index (χ3n) is 6.80. The molecule has 0 aromatic rings. The fourth-order valence-corrected chi connectivity index (χ4v) is 4.85. The van der Waals surface area contributed by atoms with Crippen LogP contribution in [0.2, 0.25) is 0 Å². The number of esters is 2. The van der Waals surface area contributed by atoms with Gasteiger partial charge in [-0.25, -0.2) is 4.57 Å². The largest absolute Gasteiger partial charge is 0.472 e. The molecular weight excluding hydrogens is 557 g/mol. The summed E-state index contributed by atoms with van der Waals surface area (Å²) in [6.45, 7) is 4.29. The van der Waals surface area contributed by atoms with E-state index in [4.69, 9.17) is 18.5 Å². The first-order valence-electron chi connectivity index (χ1n) is 16.4. The zero-order chi connectivity index (χ0) is 31.5. The summed E-state index contributed by atoms with van der Waals surface area (Å²) in [5.74, 6) is -0.819. The molecule has 0 bridgehead atoms. The molecule has 0 aromatic carbocycles. The van der Waals surface area contributed by atoms with Gasteiger partial charge in [-0.2, -0.15) is 0 Å². The third kappa shape index (κ3) is 28.9. The number of likely N-dealkylation sites (N-methyl/N-ethyl adjacent to an activating group) is 1. The molecule has 1 unspecified atom stereocenters. The van der Waals surface area contributed by atoms with Crippen molar-refractivity contribution in [3.05, 3.63) is 12.2 Å². The highest BCUT2D eigenvalue weighted by molar-refractivity contribution is 7.47. The van der Waals surface area contributed by atoms with Crippen LogP contribution < -0.4 is 0 Å². The van der Waals surface area contributed by atoms with E-state index in [-0.39, 0.29) is 32.0 Å². The van der Waals surface area contributed by atoms with Gasteiger partial charge in [0.2, 0.25) is 0 Å². The van der Waals surface area contributed by atoms with E-state index in [1.807, 2.05) is 21.1 Å². The zero-order valence-corrected chi connectivity index (χ0v) is 28.4. The average Bonchev–Trinajstić information content (AvgIpc) is 2.92. The molecule has 0 aliphatic rings. The van der Waals surface area contributed by atoms with E-state index in [0.717, 1.165) is 57.8 Å². The van der Waals surface area contributed by atoms with E-state index in [9.17, 15) is 19.0 Å². The molecule has 2 atom stereocenters. The molecule has 0 aromatic heterocycles. The second kappa shape index (κ2) is 26.2. The highest BCUT2D eigenvalue weighted by Crippen LogP contribution is 2.43. The average molecular weight is 621 g/mol. The van der Waals surface area contributed by atoms with E-state index < -0.39 is 26.5 Å². The summed E-state index contributed by atoms with van der Waals surface area (Å²) in [5.41, 5.74) is 0. The molecule has 0 heterocycles. The summed E-state index contributed by atoms with van der Waals surface area (Å²) >= 11 is 0. The Kier molecular flexibility index (Phi) is 25.4. The van der Waals surface area contributed by atoms with Crippen LogP contribution in [0.15, 0.2) is 12.2 Å². The molecule has 0 aliphatic heterocycles. The van der Waals surface area contributed by atoms with Crippen molar-refractivity contribution in [3.8, 4) is 0 Å². The van der Waals surface area contributed by atoms with E-state index in [0.29, 0.717) is 17.4 Å². The van der Waals surface area contributed by atoms with Gasteiger partial charge >= 0.3 is 19.8 Å². The van der Waals surface area contributed by atoms with Crippen molar-refractivity contribution in [3.63, 3.8) is 0 Å². The molecule has 0 radical (unpaired) electrons. The van der Waals surface area contributed by atoms with Gasteiger partial charge < -0.3 is 18.9 Å². The predicted octanol–water partition coefficient (Wildman–Crippen LogP) is 7.90. The third-order valence-corrected chi connectivity index (χ3v) is 7.78. The Morgan fingerprint density at radius 1 is 0.714 bits per heavy atom. The van der Waals surface area contributed by atoms with Crippen molar-refractivity contribution in [2.24, 2.45) is 0 Å². The highest BCUT2D eigenvalue weighted by atomic mass is 31.2. The van der Waals surface area contributed by atoms with Crippen LogP contribution in [0.1, 0.15) is 129 Å². The Labute approximate surface area is 256 Å². The van der Waals surface area contributed by atoms with Gasteiger partial charge in [-0.3, -0.25) is 18.6 Å². The van der Waals surface area contributed by atoms with Gasteiger partial charge in [0, 0.05) is 12.8 Å². The molecule has 9 nitrogen and oxygen atoms in total. The summed E-state index contributed by atoms with van der Waals surface area (Å²) in [5, 5.41) is 0. The molecular formula is C32H63NO8P+. The minimum absolute atomic E-state index is 0.0321. The number of hydrogen-bond donors (Lipinski definition) is 1. The molecule has 0 amide bonds. The first-order valence-corrected chi connectivity index (χ1v) is 17.9. The predicted molar refractivity (Wildman–Crippen MR) is 169 cm³/mol. The number of hydrogen-bond acceptors (Lipinski definition) is 7. The first-order chi connectivity index (χ1) is 20.0. The van der Waals surface area contributed by atoms with Crippen LogP contribution >= 0.6 is 7.82 Å². The number of nitrogens with zero attached hydrogens (tertiary/aromatic N) is 1. The van der Waals surface area contributed by atoms with Crippen molar-refractivity contribution >= 4 is 19.8 Å². The number of allylic oxidation sites excluding steroid dienone is 2. The van der Waals surface area contributed by atoms with Gasteiger partial charge in [0.25, 0.3) is 0 Å². The molecule has 0 aliphatic carbocycles. The Morgan fingerprint density at radius 2 is 1.24 bits per heavy atom. The topological polar surface area (TPSA) is 108 Å². The van der Waals surface area contributed by atoms with Crippen molar-refractivity contribution < 1.29 is 42.1 Å². The molecule has 0 rings (SSSR count). The van der Waals surface area contributed by atoms with Crippen LogP contribution in [0.3, 0.4) is 0 Å². The molecule has 0 spiro atoms. The molecule has 42 heavy (non-hydrogen) atoms. The van der Waals surface area contributed by atoms with Crippen molar-refractivity contribution in [1.82, 2.24) is 0 Å². The van der Waals surface area contributed by atoms with Crippen molar-refractivity contribution in [2.75, 3.05) is 47.5 Å². The second-order valence-corrected chi connectivity index (χ2v) is 13.7. The van der Waals surface area contributed by atoms with E-state index in [1.54, 1.807) is 0 Å². The van der Waals surface area contributed by atoms with Crippen LogP contribution in [0, 0.1) is 0 Å². The maximum absolute atomic E-state index is 12.5. The molecule has 10 heteroatoms. The van der Waals surface area contributed by atoms with Gasteiger partial charge in [0.05, 0.1) is 27.7 Å². The van der Waals surface area contributed by atoms with E-state index >= 15 is 0 Å². The summed E-state index contributed by atoms with van der Waals surface area (Å²) in [6.07, 6.45) is 21.4. The maximum atomic E-state index is 12.5. The number of unbranched alkanes of at least 4 members (excludes halogenated alkanes) is 13. The van der Waals surface area contributed by atoms with E-state index in [2.05, 4.69) is 26.0 Å². The highest BCUT2D eigenvalue weighted by Gasteiger charge is 2.27. The number of rotatable bonds is 29. The lowest BCUT2D eigenvalue weighted by Crippen LogP contribution is -2.37. The molecule has 0 saturated carbocycles. The van der Waals surface area contributed by atoms with Gasteiger partial charge in [-0.1, -0.05) is 96.6 Å². The Morgan fingerprint density at radius 3 is 1.83 bits per heavy atom.